The van der Waals surface area contributed by atoms with Crippen molar-refractivity contribution in [3.8, 4) is 0 Å². The smallest absolute Gasteiger partial charge is 0.390 e. The highest BCUT2D eigenvalue weighted by Crippen LogP contribution is 2.46. The maximum absolute atomic E-state index is 14.1. The summed E-state index contributed by atoms with van der Waals surface area (Å²) in [4.78, 5) is 26.6. The number of nitrogens with zero attached hydrogens (tertiary/aromatic N) is 2. The van der Waals surface area contributed by atoms with Gasteiger partial charge >= 0.3 is 12.2 Å². The van der Waals surface area contributed by atoms with Gasteiger partial charge in [-0.05, 0) is 73.6 Å². The van der Waals surface area contributed by atoms with Crippen LogP contribution in [0.1, 0.15) is 54.9 Å². The largest absolute Gasteiger partial charge is 0.416 e. The van der Waals surface area contributed by atoms with Crippen molar-refractivity contribution in [3.05, 3.63) is 88.7 Å². The van der Waals surface area contributed by atoms with Crippen molar-refractivity contribution in [2.75, 3.05) is 18.1 Å². The lowest BCUT2D eigenvalue weighted by Crippen LogP contribution is -2.57. The van der Waals surface area contributed by atoms with Crippen molar-refractivity contribution in [2.45, 2.75) is 75.9 Å². The van der Waals surface area contributed by atoms with Crippen LogP contribution in [0.15, 0.2) is 54.9 Å². The van der Waals surface area contributed by atoms with Crippen LogP contribution in [-0.4, -0.2) is 71.5 Å². The Hall–Kier alpha value is -3.89. The van der Waals surface area contributed by atoms with E-state index in [9.17, 15) is 45.1 Å². The maximum Gasteiger partial charge on any atom is 0.416 e. The Morgan fingerprint density at radius 1 is 1.08 bits per heavy atom. The van der Waals surface area contributed by atoms with Gasteiger partial charge in [-0.3, -0.25) is 4.79 Å². The number of rotatable bonds is 15. The highest BCUT2D eigenvalue weighted by Gasteiger charge is 2.45. The molecule has 1 saturated carbocycles. The van der Waals surface area contributed by atoms with E-state index >= 15 is 0 Å². The third-order valence-electron chi connectivity index (χ3n) is 8.08. The Balaban J connectivity index is 1.57. The number of hydrogen-bond donors (Lipinski definition) is 4. The molecule has 1 aromatic heterocycles. The van der Waals surface area contributed by atoms with Crippen molar-refractivity contribution in [2.24, 2.45) is 0 Å². The average molecular weight is 700 g/mol. The lowest BCUT2D eigenvalue weighted by Gasteiger charge is -2.29. The summed E-state index contributed by atoms with van der Waals surface area (Å²) in [5, 5.41) is 23.2. The molecule has 0 saturated heterocycles. The summed E-state index contributed by atoms with van der Waals surface area (Å²) in [6, 6.07) is 3.61. The zero-order chi connectivity index (χ0) is 35.3. The number of alkyl halides is 3. The van der Waals surface area contributed by atoms with Crippen LogP contribution in [0.3, 0.4) is 0 Å². The van der Waals surface area contributed by atoms with Crippen LogP contribution < -0.4 is 16.0 Å². The van der Waals surface area contributed by atoms with Gasteiger partial charge < -0.3 is 21.1 Å². The molecule has 16 heteroatoms. The molecule has 0 spiro atoms. The first kappa shape index (κ1) is 36.9. The second-order valence-electron chi connectivity index (χ2n) is 12.1. The van der Waals surface area contributed by atoms with Crippen molar-refractivity contribution in [1.29, 1.82) is 0 Å². The van der Waals surface area contributed by atoms with E-state index in [1.807, 2.05) is 0 Å². The number of carbonyl (C=O) groups excluding carboxylic acids is 2. The molecule has 3 aromatic rings. The third kappa shape index (κ3) is 10.1. The van der Waals surface area contributed by atoms with Crippen LogP contribution in [0.2, 0.25) is 0 Å². The predicted octanol–water partition coefficient (Wildman–Crippen LogP) is 4.00. The number of amides is 2. The molecular weight excluding hydrogens is 661 g/mol. The Kier molecular flexibility index (Phi) is 11.6. The molecule has 0 bridgehead atoms. The summed E-state index contributed by atoms with van der Waals surface area (Å²) in [5.74, 6) is -3.84. The number of benzene rings is 2. The van der Waals surface area contributed by atoms with Gasteiger partial charge in [0.15, 0.2) is 9.84 Å². The molecule has 10 nitrogen and oxygen atoms in total. The van der Waals surface area contributed by atoms with Crippen molar-refractivity contribution >= 4 is 21.8 Å². The number of aliphatic hydroxyl groups is 1. The van der Waals surface area contributed by atoms with Gasteiger partial charge in [0.05, 0.1) is 35.4 Å². The highest BCUT2D eigenvalue weighted by atomic mass is 32.2. The fraction of sp³-hybridized carbons (Fsp3) is 0.469. The van der Waals surface area contributed by atoms with Gasteiger partial charge in [-0.2, -0.15) is 23.0 Å². The maximum atomic E-state index is 14.1. The van der Waals surface area contributed by atoms with E-state index < -0.39 is 74.6 Å². The minimum absolute atomic E-state index is 0.0547. The fourth-order valence-electron chi connectivity index (χ4n) is 5.30. The first-order valence-corrected chi connectivity index (χ1v) is 17.2. The first-order chi connectivity index (χ1) is 22.5. The number of carbonyl (C=O) groups is 2. The summed E-state index contributed by atoms with van der Waals surface area (Å²) in [6.07, 6.45) is -1.81. The van der Waals surface area contributed by atoms with Crippen LogP contribution in [0.4, 0.5) is 26.7 Å². The third-order valence-corrected chi connectivity index (χ3v) is 9.83. The number of aliphatic hydroxyl groups excluding tert-OH is 1. The van der Waals surface area contributed by atoms with Crippen molar-refractivity contribution in [3.63, 3.8) is 0 Å². The van der Waals surface area contributed by atoms with Gasteiger partial charge in [0.1, 0.15) is 17.7 Å². The van der Waals surface area contributed by atoms with Crippen LogP contribution in [-0.2, 0) is 32.8 Å². The zero-order valence-electron chi connectivity index (χ0n) is 26.4. The standard InChI is InChI=1S/C32H38F5N5O5S/c1-3-4-10-48(46,47)19-27(41-30(45)42-18-20(2)16-39-42)29(44)40-26(13-21-11-24(33)15-25(34)12-21)28(43)17-38-31(8-9-31)22-6-5-7-23(14-22)32(35,36)37/h5-7,11-12,14-16,18,26-28,38,43H,3-4,8-10,13,17,19H2,1-2H3,(H,40,44)(H,41,45). The summed E-state index contributed by atoms with van der Waals surface area (Å²) in [7, 11) is -3.86. The number of hydrogen-bond acceptors (Lipinski definition) is 7. The summed E-state index contributed by atoms with van der Waals surface area (Å²) in [6.45, 7) is 3.19. The van der Waals surface area contributed by atoms with E-state index in [0.717, 1.165) is 28.9 Å². The molecular formula is C32H38F5N5O5S. The van der Waals surface area contributed by atoms with Gasteiger partial charge in [0, 0.05) is 24.3 Å². The zero-order valence-corrected chi connectivity index (χ0v) is 27.2. The number of aryl methyl sites for hydroxylation is 1. The second kappa shape index (κ2) is 15.1. The molecule has 0 aliphatic heterocycles. The predicted molar refractivity (Wildman–Crippen MR) is 167 cm³/mol. The first-order valence-electron chi connectivity index (χ1n) is 15.4. The molecule has 1 aliphatic rings. The number of unbranched alkanes of at least 4 members (excludes halogenated alkanes) is 1. The molecule has 1 fully saturated rings. The van der Waals surface area contributed by atoms with Crippen molar-refractivity contribution < 1.29 is 45.1 Å². The summed E-state index contributed by atoms with van der Waals surface area (Å²) < 4.78 is 94.9. The molecule has 48 heavy (non-hydrogen) atoms. The fourth-order valence-corrected chi connectivity index (χ4v) is 6.94. The minimum Gasteiger partial charge on any atom is -0.390 e. The molecule has 3 atom stereocenters. The van der Waals surface area contributed by atoms with Crippen LogP contribution in [0, 0.1) is 18.6 Å². The quantitative estimate of drug-likeness (QED) is 0.176. The van der Waals surface area contributed by atoms with E-state index in [1.54, 1.807) is 13.8 Å². The molecule has 3 unspecified atom stereocenters. The van der Waals surface area contributed by atoms with E-state index in [-0.39, 0.29) is 24.3 Å². The van der Waals surface area contributed by atoms with E-state index in [2.05, 4.69) is 21.0 Å². The molecule has 1 aliphatic carbocycles. The van der Waals surface area contributed by atoms with Gasteiger partial charge in [0.25, 0.3) is 0 Å². The van der Waals surface area contributed by atoms with E-state index in [4.69, 9.17) is 0 Å². The van der Waals surface area contributed by atoms with Crippen LogP contribution in [0.5, 0.6) is 0 Å². The lowest BCUT2D eigenvalue weighted by atomic mass is 9.98. The monoisotopic (exact) mass is 699 g/mol. The van der Waals surface area contributed by atoms with Crippen LogP contribution >= 0.6 is 0 Å². The van der Waals surface area contributed by atoms with Crippen molar-refractivity contribution in [1.82, 2.24) is 25.7 Å². The van der Waals surface area contributed by atoms with Gasteiger partial charge in [-0.25, -0.2) is 22.0 Å². The Morgan fingerprint density at radius 3 is 2.35 bits per heavy atom. The molecule has 1 heterocycles. The molecule has 4 N–H and O–H groups in total. The minimum atomic E-state index is -4.56. The van der Waals surface area contributed by atoms with Gasteiger partial charge in [-0.1, -0.05) is 25.5 Å². The van der Waals surface area contributed by atoms with Gasteiger partial charge in [-0.15, -0.1) is 0 Å². The number of nitrogens with one attached hydrogen (secondary N) is 3. The number of aromatic nitrogens is 2. The normalized spacial score (nSPS) is 16.2. The van der Waals surface area contributed by atoms with Crippen LogP contribution in [0.25, 0.3) is 0 Å². The summed E-state index contributed by atoms with van der Waals surface area (Å²) in [5.41, 5.74) is -0.684. The summed E-state index contributed by atoms with van der Waals surface area (Å²) >= 11 is 0. The highest BCUT2D eigenvalue weighted by molar-refractivity contribution is 7.91. The lowest BCUT2D eigenvalue weighted by molar-refractivity contribution is -0.137. The van der Waals surface area contributed by atoms with E-state index in [0.29, 0.717) is 42.9 Å². The number of sulfone groups is 1. The molecule has 0 radical (unpaired) electrons. The Morgan fingerprint density at radius 2 is 1.77 bits per heavy atom. The topological polar surface area (TPSA) is 142 Å². The van der Waals surface area contributed by atoms with E-state index in [1.165, 1.54) is 24.5 Å². The molecule has 4 rings (SSSR count). The molecule has 262 valence electrons. The second-order valence-corrected chi connectivity index (χ2v) is 14.4. The molecule has 2 amide bonds. The molecule has 2 aromatic carbocycles. The Labute approximate surface area is 275 Å². The number of halogens is 5. The Bertz CT molecular complexity index is 1690. The average Bonchev–Trinajstić information content (AvgIpc) is 3.68. The SMILES string of the molecule is CCCCS(=O)(=O)CC(NC(=O)n1cc(C)cn1)C(=O)NC(Cc1cc(F)cc(F)c1)C(O)CNC1(c2cccc(C(F)(F)F)c2)CC1. The van der Waals surface area contributed by atoms with Gasteiger partial charge in [0.2, 0.25) is 5.91 Å².